The number of hydrogen-bond donors (Lipinski definition) is 3. The van der Waals surface area contributed by atoms with Gasteiger partial charge in [-0.3, -0.25) is 4.79 Å². The van der Waals surface area contributed by atoms with E-state index in [1.807, 2.05) is 0 Å². The lowest BCUT2D eigenvalue weighted by Crippen LogP contribution is -1.92. The van der Waals surface area contributed by atoms with Gasteiger partial charge in [0, 0.05) is 22.7 Å². The smallest absolute Gasteiger partial charge is 0.211 e. The fourth-order valence-corrected chi connectivity index (χ4v) is 1.28. The number of rotatable bonds is 2. The molecule has 4 heteroatoms. The van der Waals surface area contributed by atoms with E-state index >= 15 is 0 Å². The summed E-state index contributed by atoms with van der Waals surface area (Å²) in [7, 11) is 0. The SMILES string of the molecule is O=CNc1ccc2[nH]c(O)cc2c1. The molecule has 2 rings (SSSR count). The molecule has 0 radical (unpaired) electrons. The number of aromatic hydroxyl groups is 1. The Labute approximate surface area is 74.2 Å². The molecule has 0 aliphatic heterocycles. The Morgan fingerprint density at radius 2 is 2.23 bits per heavy atom. The van der Waals surface area contributed by atoms with Crippen molar-refractivity contribution in [1.29, 1.82) is 0 Å². The minimum absolute atomic E-state index is 0.123. The number of carbonyl (C=O) groups excluding carboxylic acids is 1. The van der Waals surface area contributed by atoms with Gasteiger partial charge < -0.3 is 15.4 Å². The van der Waals surface area contributed by atoms with Crippen LogP contribution in [0.2, 0.25) is 0 Å². The lowest BCUT2D eigenvalue weighted by Gasteiger charge is -1.96. The van der Waals surface area contributed by atoms with Crippen molar-refractivity contribution in [3.63, 3.8) is 0 Å². The van der Waals surface area contributed by atoms with Crippen LogP contribution in [0, 0.1) is 0 Å². The first-order valence-electron chi connectivity index (χ1n) is 3.81. The van der Waals surface area contributed by atoms with Crippen molar-refractivity contribution in [2.24, 2.45) is 0 Å². The molecule has 0 aliphatic carbocycles. The molecule has 1 aromatic heterocycles. The average Bonchev–Trinajstić information content (AvgIpc) is 2.44. The molecule has 2 aromatic rings. The van der Waals surface area contributed by atoms with Crippen LogP contribution < -0.4 is 5.32 Å². The van der Waals surface area contributed by atoms with E-state index in [4.69, 9.17) is 5.11 Å². The van der Waals surface area contributed by atoms with Gasteiger partial charge in [0.05, 0.1) is 0 Å². The normalized spacial score (nSPS) is 10.2. The van der Waals surface area contributed by atoms with Gasteiger partial charge in [0.1, 0.15) is 0 Å². The van der Waals surface area contributed by atoms with Gasteiger partial charge in [-0.1, -0.05) is 0 Å². The van der Waals surface area contributed by atoms with Crippen molar-refractivity contribution in [3.05, 3.63) is 24.3 Å². The molecule has 0 bridgehead atoms. The highest BCUT2D eigenvalue weighted by Gasteiger charge is 1.99. The van der Waals surface area contributed by atoms with E-state index in [1.165, 1.54) is 0 Å². The van der Waals surface area contributed by atoms with Gasteiger partial charge in [-0.25, -0.2) is 0 Å². The molecule has 4 nitrogen and oxygen atoms in total. The largest absolute Gasteiger partial charge is 0.495 e. The predicted octanol–water partition coefficient (Wildman–Crippen LogP) is 1.44. The van der Waals surface area contributed by atoms with Crippen molar-refractivity contribution in [1.82, 2.24) is 4.98 Å². The van der Waals surface area contributed by atoms with Gasteiger partial charge in [0.25, 0.3) is 0 Å². The monoisotopic (exact) mass is 176 g/mol. The molecule has 0 fully saturated rings. The second kappa shape index (κ2) is 2.82. The molecule has 3 N–H and O–H groups in total. The van der Waals surface area contributed by atoms with Gasteiger partial charge in [0.15, 0.2) is 5.88 Å². The number of carbonyl (C=O) groups is 1. The van der Waals surface area contributed by atoms with Gasteiger partial charge in [-0.15, -0.1) is 0 Å². The van der Waals surface area contributed by atoms with Crippen LogP contribution in [-0.2, 0) is 4.79 Å². The molecule has 13 heavy (non-hydrogen) atoms. The van der Waals surface area contributed by atoms with E-state index < -0.39 is 0 Å². The Balaban J connectivity index is 2.54. The van der Waals surface area contributed by atoms with Crippen LogP contribution in [0.3, 0.4) is 0 Å². The van der Waals surface area contributed by atoms with Crippen LogP contribution in [0.5, 0.6) is 5.88 Å². The Morgan fingerprint density at radius 3 is 3.00 bits per heavy atom. The van der Waals surface area contributed by atoms with Crippen LogP contribution in [0.25, 0.3) is 10.9 Å². The second-order valence-corrected chi connectivity index (χ2v) is 2.72. The van der Waals surface area contributed by atoms with Crippen molar-refractivity contribution in [2.75, 3.05) is 5.32 Å². The average molecular weight is 176 g/mol. The Morgan fingerprint density at radius 1 is 1.38 bits per heavy atom. The summed E-state index contributed by atoms with van der Waals surface area (Å²) in [4.78, 5) is 12.9. The molecule has 0 spiro atoms. The standard InChI is InChI=1S/C9H8N2O2/c12-5-10-7-1-2-8-6(3-7)4-9(13)11-8/h1-5,11,13H,(H,10,12). The highest BCUT2D eigenvalue weighted by molar-refractivity contribution is 5.87. The molecule has 1 amide bonds. The summed E-state index contributed by atoms with van der Waals surface area (Å²) in [6.07, 6.45) is 0.619. The molecule has 0 aliphatic rings. The van der Waals surface area contributed by atoms with Gasteiger partial charge >= 0.3 is 0 Å². The van der Waals surface area contributed by atoms with Crippen molar-refractivity contribution < 1.29 is 9.90 Å². The summed E-state index contributed by atoms with van der Waals surface area (Å²) in [6, 6.07) is 6.93. The van der Waals surface area contributed by atoms with E-state index in [9.17, 15) is 4.79 Å². The topological polar surface area (TPSA) is 65.1 Å². The number of nitrogens with one attached hydrogen (secondary N) is 2. The summed E-state index contributed by atoms with van der Waals surface area (Å²) in [6.45, 7) is 0. The van der Waals surface area contributed by atoms with Crippen LogP contribution >= 0.6 is 0 Å². The van der Waals surface area contributed by atoms with Crippen LogP contribution in [0.1, 0.15) is 0 Å². The summed E-state index contributed by atoms with van der Waals surface area (Å²) < 4.78 is 0. The lowest BCUT2D eigenvalue weighted by atomic mass is 10.2. The first-order chi connectivity index (χ1) is 6.29. The first kappa shape index (κ1) is 7.67. The lowest BCUT2D eigenvalue weighted by molar-refractivity contribution is -0.105. The predicted molar refractivity (Wildman–Crippen MR) is 49.7 cm³/mol. The summed E-state index contributed by atoms with van der Waals surface area (Å²) in [5, 5.41) is 12.5. The molecule has 66 valence electrons. The zero-order chi connectivity index (χ0) is 9.26. The fourth-order valence-electron chi connectivity index (χ4n) is 1.28. The molecular weight excluding hydrogens is 168 g/mol. The summed E-state index contributed by atoms with van der Waals surface area (Å²) in [5.41, 5.74) is 1.55. The Hall–Kier alpha value is -1.97. The first-order valence-corrected chi connectivity index (χ1v) is 3.81. The quantitative estimate of drug-likeness (QED) is 0.606. The molecule has 0 atom stereocenters. The number of amides is 1. The van der Waals surface area contributed by atoms with E-state index in [0.29, 0.717) is 12.1 Å². The summed E-state index contributed by atoms with van der Waals surface area (Å²) >= 11 is 0. The minimum atomic E-state index is 0.123. The minimum Gasteiger partial charge on any atom is -0.495 e. The van der Waals surface area contributed by atoms with E-state index in [1.54, 1.807) is 24.3 Å². The molecule has 1 heterocycles. The fraction of sp³-hybridized carbons (Fsp3) is 0. The third-order valence-corrected chi connectivity index (χ3v) is 1.83. The number of benzene rings is 1. The third kappa shape index (κ3) is 1.33. The molecule has 0 unspecified atom stereocenters. The number of hydrogen-bond acceptors (Lipinski definition) is 2. The zero-order valence-electron chi connectivity index (χ0n) is 6.74. The number of H-pyrrole nitrogens is 1. The maximum atomic E-state index is 10.1. The van der Waals surface area contributed by atoms with E-state index in [0.717, 1.165) is 10.9 Å². The Bertz CT molecular complexity index is 448. The molecular formula is C9H8N2O2. The number of anilines is 1. The number of fused-ring (bicyclic) bond motifs is 1. The maximum absolute atomic E-state index is 10.1. The molecule has 1 aromatic carbocycles. The van der Waals surface area contributed by atoms with E-state index in [-0.39, 0.29) is 5.88 Å². The van der Waals surface area contributed by atoms with Crippen LogP contribution in [0.4, 0.5) is 5.69 Å². The second-order valence-electron chi connectivity index (χ2n) is 2.72. The Kier molecular flexibility index (Phi) is 1.66. The number of aromatic nitrogens is 1. The summed E-state index contributed by atoms with van der Waals surface area (Å²) in [5.74, 6) is 0.123. The van der Waals surface area contributed by atoms with E-state index in [2.05, 4.69) is 10.3 Å². The highest BCUT2D eigenvalue weighted by atomic mass is 16.3. The van der Waals surface area contributed by atoms with Crippen molar-refractivity contribution in [3.8, 4) is 5.88 Å². The van der Waals surface area contributed by atoms with Gasteiger partial charge in [0.2, 0.25) is 6.41 Å². The number of aromatic amines is 1. The zero-order valence-corrected chi connectivity index (χ0v) is 6.74. The van der Waals surface area contributed by atoms with Crippen LogP contribution in [-0.4, -0.2) is 16.5 Å². The van der Waals surface area contributed by atoms with Crippen LogP contribution in [0.15, 0.2) is 24.3 Å². The maximum Gasteiger partial charge on any atom is 0.211 e. The molecule has 0 saturated carbocycles. The van der Waals surface area contributed by atoms with Crippen molar-refractivity contribution >= 4 is 23.0 Å². The van der Waals surface area contributed by atoms with Gasteiger partial charge in [-0.2, -0.15) is 0 Å². The van der Waals surface area contributed by atoms with Gasteiger partial charge in [-0.05, 0) is 18.2 Å². The highest BCUT2D eigenvalue weighted by Crippen LogP contribution is 2.22. The third-order valence-electron chi connectivity index (χ3n) is 1.83. The van der Waals surface area contributed by atoms with Crippen molar-refractivity contribution in [2.45, 2.75) is 0 Å². The molecule has 0 saturated heterocycles.